The summed E-state index contributed by atoms with van der Waals surface area (Å²) in [4.78, 5) is 23.4. The molecule has 0 aliphatic heterocycles. The Balaban J connectivity index is 1.75. The molecule has 2 aromatic carbocycles. The van der Waals surface area contributed by atoms with Crippen molar-refractivity contribution in [1.29, 1.82) is 0 Å². The normalized spacial score (nSPS) is 15.4. The van der Waals surface area contributed by atoms with Gasteiger partial charge in [-0.15, -0.1) is 0 Å². The molecule has 2 N–H and O–H groups in total. The molecule has 1 saturated carbocycles. The van der Waals surface area contributed by atoms with E-state index in [9.17, 15) is 9.59 Å². The minimum absolute atomic E-state index is 0.0348. The zero-order valence-corrected chi connectivity index (χ0v) is 14.6. The van der Waals surface area contributed by atoms with E-state index in [-0.39, 0.29) is 23.3 Å². The first-order valence-electron chi connectivity index (χ1n) is 8.53. The fraction of sp³-hybridized carbons (Fsp3) is 0.333. The predicted molar refractivity (Wildman–Crippen MR) is 96.7 cm³/mol. The zero-order chi connectivity index (χ0) is 18.1. The van der Waals surface area contributed by atoms with Crippen molar-refractivity contribution in [1.82, 2.24) is 5.32 Å². The zero-order valence-electron chi connectivity index (χ0n) is 14.6. The Labute approximate surface area is 147 Å². The second-order valence-electron chi connectivity index (χ2n) is 7.29. The molecule has 3 rings (SSSR count). The lowest BCUT2D eigenvalue weighted by Crippen LogP contribution is -2.50. The van der Waals surface area contributed by atoms with E-state index in [1.54, 1.807) is 24.3 Å². The van der Waals surface area contributed by atoms with Gasteiger partial charge in [0.1, 0.15) is 0 Å². The van der Waals surface area contributed by atoms with E-state index in [0.29, 0.717) is 11.1 Å². The molecule has 1 fully saturated rings. The standard InChI is InChI=1S/C21H23NO3/c1-20(2,17-6-4-3-5-7-17)21(12-13-21)22-19(25)16-10-8-15(9-11-16)14-18(23)24/h3-11H,12-14H2,1-2H3,(H,22,25)(H,23,24). The van der Waals surface area contributed by atoms with Gasteiger partial charge in [0.05, 0.1) is 6.42 Å². The Hall–Kier alpha value is -2.62. The van der Waals surface area contributed by atoms with Gasteiger partial charge in [0, 0.05) is 16.5 Å². The van der Waals surface area contributed by atoms with Gasteiger partial charge >= 0.3 is 5.97 Å². The Bertz CT molecular complexity index is 775. The number of nitrogens with one attached hydrogen (secondary N) is 1. The number of carbonyl (C=O) groups excluding carboxylic acids is 1. The molecular weight excluding hydrogens is 314 g/mol. The van der Waals surface area contributed by atoms with Crippen LogP contribution in [0.25, 0.3) is 0 Å². The van der Waals surface area contributed by atoms with Crippen LogP contribution in [-0.4, -0.2) is 22.5 Å². The van der Waals surface area contributed by atoms with Crippen molar-refractivity contribution < 1.29 is 14.7 Å². The van der Waals surface area contributed by atoms with Gasteiger partial charge in [0.25, 0.3) is 5.91 Å². The van der Waals surface area contributed by atoms with Crippen molar-refractivity contribution in [3.63, 3.8) is 0 Å². The Morgan fingerprint density at radius 3 is 2.16 bits per heavy atom. The summed E-state index contributed by atoms with van der Waals surface area (Å²) in [6, 6.07) is 17.0. The number of carboxylic acid groups (broad SMARTS) is 1. The topological polar surface area (TPSA) is 66.4 Å². The van der Waals surface area contributed by atoms with Crippen LogP contribution in [0.3, 0.4) is 0 Å². The van der Waals surface area contributed by atoms with Crippen molar-refractivity contribution in [3.05, 3.63) is 71.3 Å². The maximum absolute atomic E-state index is 12.7. The molecule has 130 valence electrons. The first kappa shape index (κ1) is 17.2. The fourth-order valence-corrected chi connectivity index (χ4v) is 3.40. The van der Waals surface area contributed by atoms with E-state index >= 15 is 0 Å². The van der Waals surface area contributed by atoms with E-state index in [0.717, 1.165) is 12.8 Å². The van der Waals surface area contributed by atoms with Crippen LogP contribution < -0.4 is 5.32 Å². The molecule has 0 bridgehead atoms. The lowest BCUT2D eigenvalue weighted by atomic mass is 9.75. The highest BCUT2D eigenvalue weighted by atomic mass is 16.4. The molecule has 0 spiro atoms. The van der Waals surface area contributed by atoms with Crippen LogP contribution in [0.5, 0.6) is 0 Å². The van der Waals surface area contributed by atoms with Crippen LogP contribution in [0.15, 0.2) is 54.6 Å². The maximum atomic E-state index is 12.7. The Morgan fingerprint density at radius 1 is 1.04 bits per heavy atom. The van der Waals surface area contributed by atoms with E-state index in [2.05, 4.69) is 31.3 Å². The molecular formula is C21H23NO3. The number of rotatable bonds is 6. The molecule has 1 aliphatic rings. The van der Waals surface area contributed by atoms with Crippen molar-refractivity contribution in [2.75, 3.05) is 0 Å². The number of amides is 1. The number of carbonyl (C=O) groups is 2. The first-order valence-corrected chi connectivity index (χ1v) is 8.53. The molecule has 0 heterocycles. The minimum Gasteiger partial charge on any atom is -0.481 e. The summed E-state index contributed by atoms with van der Waals surface area (Å²) in [5, 5.41) is 12.1. The monoisotopic (exact) mass is 337 g/mol. The summed E-state index contributed by atoms with van der Waals surface area (Å²) in [5.74, 6) is -0.984. The van der Waals surface area contributed by atoms with Crippen LogP contribution >= 0.6 is 0 Å². The van der Waals surface area contributed by atoms with Crippen molar-refractivity contribution in [2.24, 2.45) is 0 Å². The van der Waals surface area contributed by atoms with E-state index in [4.69, 9.17) is 5.11 Å². The molecule has 25 heavy (non-hydrogen) atoms. The average Bonchev–Trinajstić information content (AvgIpc) is 3.37. The van der Waals surface area contributed by atoms with Crippen LogP contribution in [0.2, 0.25) is 0 Å². The summed E-state index contributed by atoms with van der Waals surface area (Å²) in [7, 11) is 0. The van der Waals surface area contributed by atoms with Gasteiger partial charge in [-0.25, -0.2) is 0 Å². The molecule has 4 heteroatoms. The SMILES string of the molecule is CC(C)(c1ccccc1)C1(NC(=O)c2ccc(CC(=O)O)cc2)CC1. The molecule has 1 amide bonds. The second kappa shape index (κ2) is 6.36. The van der Waals surface area contributed by atoms with Crippen LogP contribution in [0, 0.1) is 0 Å². The summed E-state index contributed by atoms with van der Waals surface area (Å²) in [6.45, 7) is 4.34. The van der Waals surface area contributed by atoms with Crippen LogP contribution in [0.1, 0.15) is 48.2 Å². The van der Waals surface area contributed by atoms with Crippen LogP contribution in [0.4, 0.5) is 0 Å². The lowest BCUT2D eigenvalue weighted by Gasteiger charge is -2.36. The summed E-state index contributed by atoms with van der Waals surface area (Å²) < 4.78 is 0. The number of hydrogen-bond donors (Lipinski definition) is 2. The average molecular weight is 337 g/mol. The number of aliphatic carboxylic acids is 1. The summed E-state index contributed by atoms with van der Waals surface area (Å²) in [6.07, 6.45) is 1.88. The fourth-order valence-electron chi connectivity index (χ4n) is 3.40. The molecule has 1 aliphatic carbocycles. The summed E-state index contributed by atoms with van der Waals surface area (Å²) in [5.41, 5.74) is 2.07. The largest absolute Gasteiger partial charge is 0.481 e. The Kier molecular flexibility index (Phi) is 4.38. The highest BCUT2D eigenvalue weighted by molar-refractivity contribution is 5.95. The molecule has 0 atom stereocenters. The van der Waals surface area contributed by atoms with Gasteiger partial charge < -0.3 is 10.4 Å². The van der Waals surface area contributed by atoms with Crippen LogP contribution in [-0.2, 0) is 16.6 Å². The minimum atomic E-state index is -0.876. The maximum Gasteiger partial charge on any atom is 0.307 e. The smallest absolute Gasteiger partial charge is 0.307 e. The first-order chi connectivity index (χ1) is 11.8. The lowest BCUT2D eigenvalue weighted by molar-refractivity contribution is -0.136. The molecule has 2 aromatic rings. The third-order valence-electron chi connectivity index (χ3n) is 5.37. The molecule has 0 aromatic heterocycles. The van der Waals surface area contributed by atoms with Crippen molar-refractivity contribution in [2.45, 2.75) is 44.1 Å². The predicted octanol–water partition coefficient (Wildman–Crippen LogP) is 3.55. The van der Waals surface area contributed by atoms with Gasteiger partial charge in [-0.3, -0.25) is 9.59 Å². The molecule has 0 saturated heterocycles. The van der Waals surface area contributed by atoms with Gasteiger partial charge in [0.2, 0.25) is 0 Å². The molecule has 0 unspecified atom stereocenters. The number of hydrogen-bond acceptors (Lipinski definition) is 2. The second-order valence-corrected chi connectivity index (χ2v) is 7.29. The third-order valence-corrected chi connectivity index (χ3v) is 5.37. The van der Waals surface area contributed by atoms with Crippen molar-refractivity contribution in [3.8, 4) is 0 Å². The number of carboxylic acids is 1. The molecule has 0 radical (unpaired) electrons. The van der Waals surface area contributed by atoms with Gasteiger partial charge in [0.15, 0.2) is 0 Å². The highest BCUT2D eigenvalue weighted by Crippen LogP contribution is 2.51. The summed E-state index contributed by atoms with van der Waals surface area (Å²) >= 11 is 0. The highest BCUT2D eigenvalue weighted by Gasteiger charge is 2.56. The third kappa shape index (κ3) is 3.43. The van der Waals surface area contributed by atoms with E-state index in [1.165, 1.54) is 5.56 Å². The van der Waals surface area contributed by atoms with E-state index < -0.39 is 5.97 Å². The quantitative estimate of drug-likeness (QED) is 0.847. The van der Waals surface area contributed by atoms with Gasteiger partial charge in [-0.05, 0) is 36.1 Å². The van der Waals surface area contributed by atoms with Crippen molar-refractivity contribution >= 4 is 11.9 Å². The number of benzene rings is 2. The Morgan fingerprint density at radius 2 is 1.64 bits per heavy atom. The molecule has 4 nitrogen and oxygen atoms in total. The van der Waals surface area contributed by atoms with E-state index in [1.807, 2.05) is 18.2 Å². The van der Waals surface area contributed by atoms with Gasteiger partial charge in [-0.1, -0.05) is 56.3 Å². The van der Waals surface area contributed by atoms with Gasteiger partial charge in [-0.2, -0.15) is 0 Å².